The molecular formula is C6HCl6FN2O2. The van der Waals surface area contributed by atoms with Crippen molar-refractivity contribution >= 4 is 69.6 Å². The first-order valence-corrected chi connectivity index (χ1v) is 5.88. The van der Waals surface area contributed by atoms with E-state index in [1.807, 2.05) is 0 Å². The Kier molecular flexibility index (Phi) is 5.03. The van der Waals surface area contributed by atoms with Crippen LogP contribution in [0.15, 0.2) is 6.07 Å². The standard InChI is InChI=1S/C6HCl6FN2O2/c7-5(8,9)16-2-1-3(15-4(13)14-2)17-6(10,11)12/h1H. The maximum atomic E-state index is 12.9. The predicted octanol–water partition coefficient (Wildman–Crippen LogP) is 4.03. The summed E-state index contributed by atoms with van der Waals surface area (Å²) >= 11 is 31.9. The summed E-state index contributed by atoms with van der Waals surface area (Å²) in [5.74, 6) is -0.802. The van der Waals surface area contributed by atoms with Crippen LogP contribution in [0.25, 0.3) is 0 Å². The lowest BCUT2D eigenvalue weighted by molar-refractivity contribution is 0.275. The normalized spacial score (nSPS) is 12.4. The van der Waals surface area contributed by atoms with Gasteiger partial charge >= 0.3 is 14.0 Å². The SMILES string of the molecule is Fc1nc(OC(Cl)(Cl)Cl)cc(OC(Cl)(Cl)Cl)n1. The lowest BCUT2D eigenvalue weighted by atomic mass is 10.6. The third-order valence-electron chi connectivity index (χ3n) is 1.09. The van der Waals surface area contributed by atoms with Gasteiger partial charge in [-0.15, -0.1) is 0 Å². The molecule has 0 spiro atoms. The van der Waals surface area contributed by atoms with Crippen molar-refractivity contribution in [3.8, 4) is 11.8 Å². The molecule has 0 fully saturated rings. The Labute approximate surface area is 125 Å². The molecule has 0 radical (unpaired) electrons. The van der Waals surface area contributed by atoms with E-state index in [9.17, 15) is 4.39 Å². The number of halogens is 7. The second-order valence-corrected chi connectivity index (χ2v) is 6.76. The van der Waals surface area contributed by atoms with Gasteiger partial charge in [-0.2, -0.15) is 14.4 Å². The number of alkyl halides is 6. The summed E-state index contributed by atoms with van der Waals surface area (Å²) in [7, 11) is 0. The van der Waals surface area contributed by atoms with Crippen LogP contribution >= 0.6 is 69.6 Å². The van der Waals surface area contributed by atoms with Gasteiger partial charge < -0.3 is 9.47 Å². The van der Waals surface area contributed by atoms with Crippen LogP contribution in [0, 0.1) is 6.08 Å². The molecule has 0 atom stereocenters. The van der Waals surface area contributed by atoms with Crippen LogP contribution < -0.4 is 9.47 Å². The highest BCUT2D eigenvalue weighted by Crippen LogP contribution is 2.33. The number of aromatic nitrogens is 2. The van der Waals surface area contributed by atoms with Crippen molar-refractivity contribution in [2.24, 2.45) is 0 Å². The third-order valence-corrected chi connectivity index (χ3v) is 1.56. The summed E-state index contributed by atoms with van der Waals surface area (Å²) < 4.78 is 18.0. The van der Waals surface area contributed by atoms with Crippen molar-refractivity contribution in [3.05, 3.63) is 12.1 Å². The van der Waals surface area contributed by atoms with Gasteiger partial charge in [-0.3, -0.25) is 0 Å². The Balaban J connectivity index is 2.95. The Morgan fingerprint density at radius 2 is 1.24 bits per heavy atom. The van der Waals surface area contributed by atoms with E-state index in [2.05, 4.69) is 19.4 Å². The summed E-state index contributed by atoms with van der Waals surface area (Å²) in [6, 6.07) is 0.979. The summed E-state index contributed by atoms with van der Waals surface area (Å²) in [5.41, 5.74) is 0. The highest BCUT2D eigenvalue weighted by Gasteiger charge is 2.26. The van der Waals surface area contributed by atoms with Crippen molar-refractivity contribution in [1.82, 2.24) is 9.97 Å². The monoisotopic (exact) mass is 362 g/mol. The van der Waals surface area contributed by atoms with Gasteiger partial charge in [0.05, 0.1) is 6.07 Å². The van der Waals surface area contributed by atoms with E-state index in [0.717, 1.165) is 6.07 Å². The number of nitrogens with zero attached hydrogens (tertiary/aromatic N) is 2. The van der Waals surface area contributed by atoms with Crippen molar-refractivity contribution in [2.75, 3.05) is 0 Å². The average Bonchev–Trinajstić information content (AvgIpc) is 1.93. The smallest absolute Gasteiger partial charge is 0.339 e. The summed E-state index contributed by atoms with van der Waals surface area (Å²) in [4.78, 5) is 6.37. The molecule has 0 aliphatic heterocycles. The molecule has 1 heterocycles. The molecule has 0 aliphatic carbocycles. The van der Waals surface area contributed by atoms with Gasteiger partial charge in [-0.05, 0) is 69.6 Å². The minimum Gasteiger partial charge on any atom is -0.427 e. The lowest BCUT2D eigenvalue weighted by Crippen LogP contribution is -2.17. The zero-order chi connectivity index (χ0) is 13.3. The summed E-state index contributed by atoms with van der Waals surface area (Å²) in [6.45, 7) is 0. The van der Waals surface area contributed by atoms with E-state index in [-0.39, 0.29) is 0 Å². The first-order valence-electron chi connectivity index (χ1n) is 3.61. The minimum atomic E-state index is -2.13. The third kappa shape index (κ3) is 6.74. The Morgan fingerprint density at radius 1 is 0.882 bits per heavy atom. The van der Waals surface area contributed by atoms with E-state index < -0.39 is 25.8 Å². The molecule has 4 nitrogen and oxygen atoms in total. The van der Waals surface area contributed by atoms with Gasteiger partial charge in [0.1, 0.15) is 0 Å². The lowest BCUT2D eigenvalue weighted by Gasteiger charge is -2.15. The number of hydrogen-bond donors (Lipinski definition) is 0. The molecule has 0 unspecified atom stereocenters. The molecular weight excluding hydrogens is 364 g/mol. The van der Waals surface area contributed by atoms with E-state index in [1.165, 1.54) is 0 Å². The van der Waals surface area contributed by atoms with Crippen molar-refractivity contribution in [3.63, 3.8) is 0 Å². The molecule has 0 amide bonds. The summed E-state index contributed by atoms with van der Waals surface area (Å²) in [5, 5.41) is 0. The fraction of sp³-hybridized carbons (Fsp3) is 0.333. The molecule has 0 aliphatic rings. The van der Waals surface area contributed by atoms with Crippen LogP contribution in [0.4, 0.5) is 4.39 Å². The molecule has 17 heavy (non-hydrogen) atoms. The highest BCUT2D eigenvalue weighted by molar-refractivity contribution is 6.66. The van der Waals surface area contributed by atoms with Crippen molar-refractivity contribution in [2.45, 2.75) is 7.96 Å². The largest absolute Gasteiger partial charge is 0.427 e. The van der Waals surface area contributed by atoms with Crippen molar-refractivity contribution in [1.29, 1.82) is 0 Å². The molecule has 0 bridgehead atoms. The highest BCUT2D eigenvalue weighted by atomic mass is 35.6. The zero-order valence-corrected chi connectivity index (χ0v) is 12.0. The topological polar surface area (TPSA) is 44.2 Å². The zero-order valence-electron chi connectivity index (χ0n) is 7.43. The second kappa shape index (κ2) is 5.55. The van der Waals surface area contributed by atoms with Gasteiger partial charge in [0, 0.05) is 0 Å². The van der Waals surface area contributed by atoms with Gasteiger partial charge in [-0.25, -0.2) is 0 Å². The first-order chi connectivity index (χ1) is 7.55. The molecule has 0 aromatic carbocycles. The Hall–Kier alpha value is 0.350. The van der Waals surface area contributed by atoms with Gasteiger partial charge in [0.25, 0.3) is 0 Å². The summed E-state index contributed by atoms with van der Waals surface area (Å²) in [6.07, 6.45) is -1.21. The molecule has 11 heteroatoms. The molecule has 0 saturated heterocycles. The Morgan fingerprint density at radius 3 is 1.53 bits per heavy atom. The van der Waals surface area contributed by atoms with Gasteiger partial charge in [-0.1, -0.05) is 0 Å². The molecule has 1 rings (SSSR count). The number of ether oxygens (including phenoxy) is 2. The maximum absolute atomic E-state index is 12.9. The average molecular weight is 365 g/mol. The van der Waals surface area contributed by atoms with Crippen LogP contribution in [-0.4, -0.2) is 17.9 Å². The predicted molar refractivity (Wildman–Crippen MR) is 63.8 cm³/mol. The Bertz CT molecular complexity index is 372. The van der Waals surface area contributed by atoms with E-state index in [4.69, 9.17) is 69.6 Å². The van der Waals surface area contributed by atoms with Crippen molar-refractivity contribution < 1.29 is 13.9 Å². The molecule has 96 valence electrons. The van der Waals surface area contributed by atoms with Crippen LogP contribution in [-0.2, 0) is 0 Å². The quantitative estimate of drug-likeness (QED) is 0.587. The fourth-order valence-electron chi connectivity index (χ4n) is 0.719. The van der Waals surface area contributed by atoms with Gasteiger partial charge in [0.15, 0.2) is 0 Å². The number of rotatable bonds is 2. The van der Waals surface area contributed by atoms with Gasteiger partial charge in [0.2, 0.25) is 11.8 Å². The van der Waals surface area contributed by atoms with Crippen LogP contribution in [0.3, 0.4) is 0 Å². The minimum absolute atomic E-state index is 0.401. The molecule has 0 saturated carbocycles. The fourth-order valence-corrected chi connectivity index (χ4v) is 1.19. The molecule has 1 aromatic heterocycles. The second-order valence-electron chi connectivity index (χ2n) is 2.41. The molecule has 0 N–H and O–H groups in total. The molecule has 1 aromatic rings. The maximum Gasteiger partial charge on any atom is 0.339 e. The first kappa shape index (κ1) is 15.4. The van der Waals surface area contributed by atoms with Crippen LogP contribution in [0.5, 0.6) is 11.8 Å². The van der Waals surface area contributed by atoms with E-state index in [1.54, 1.807) is 0 Å². The van der Waals surface area contributed by atoms with E-state index in [0.29, 0.717) is 0 Å². The number of hydrogen-bond acceptors (Lipinski definition) is 4. The van der Waals surface area contributed by atoms with Crippen LogP contribution in [0.1, 0.15) is 0 Å². The van der Waals surface area contributed by atoms with Crippen LogP contribution in [0.2, 0.25) is 0 Å². The van der Waals surface area contributed by atoms with E-state index >= 15 is 0 Å².